The second kappa shape index (κ2) is 6.26. The monoisotopic (exact) mass is 341 g/mol. The number of aromatic nitrogens is 1. The quantitative estimate of drug-likeness (QED) is 0.828. The van der Waals surface area contributed by atoms with Gasteiger partial charge in [0.15, 0.2) is 5.11 Å². The lowest BCUT2D eigenvalue weighted by Gasteiger charge is -2.15. The summed E-state index contributed by atoms with van der Waals surface area (Å²) in [4.78, 5) is 5.46. The molecule has 0 spiro atoms. The van der Waals surface area contributed by atoms with E-state index in [1.807, 2.05) is 18.2 Å². The van der Waals surface area contributed by atoms with E-state index < -0.39 is 0 Å². The highest BCUT2D eigenvalue weighted by atomic mass is 79.9. The lowest BCUT2D eigenvalue weighted by Crippen LogP contribution is -2.30. The molecule has 0 saturated heterocycles. The van der Waals surface area contributed by atoms with Gasteiger partial charge >= 0.3 is 0 Å². The van der Waals surface area contributed by atoms with Crippen molar-refractivity contribution in [3.63, 3.8) is 0 Å². The Morgan fingerprint density at radius 3 is 2.89 bits per heavy atom. The average molecular weight is 342 g/mol. The van der Waals surface area contributed by atoms with E-state index in [-0.39, 0.29) is 6.04 Å². The second-order valence-electron chi connectivity index (χ2n) is 3.70. The molecule has 0 radical (unpaired) electrons. The Hall–Kier alpha value is -0.980. The first-order valence-electron chi connectivity index (χ1n) is 5.37. The summed E-state index contributed by atoms with van der Waals surface area (Å²) in [6, 6.07) is 8.10. The van der Waals surface area contributed by atoms with Crippen molar-refractivity contribution < 1.29 is 0 Å². The molecule has 94 valence electrons. The van der Waals surface area contributed by atoms with Crippen LogP contribution in [0.2, 0.25) is 0 Å². The van der Waals surface area contributed by atoms with E-state index in [0.717, 1.165) is 10.3 Å². The fourth-order valence-corrected chi connectivity index (χ4v) is 2.66. The zero-order valence-corrected chi connectivity index (χ0v) is 12.9. The molecule has 0 aliphatic heterocycles. The molecule has 3 nitrogen and oxygen atoms in total. The minimum Gasteiger partial charge on any atom is -0.355 e. The molecular weight excluding hydrogens is 330 g/mol. The lowest BCUT2D eigenvalue weighted by molar-refractivity contribution is 0.737. The van der Waals surface area contributed by atoms with Gasteiger partial charge in [-0.25, -0.2) is 4.98 Å². The summed E-state index contributed by atoms with van der Waals surface area (Å²) < 4.78 is 0.943. The highest BCUT2D eigenvalue weighted by molar-refractivity contribution is 9.10. The lowest BCUT2D eigenvalue weighted by atomic mass is 10.3. The molecule has 0 aliphatic rings. The number of hydrogen-bond acceptors (Lipinski definition) is 3. The van der Waals surface area contributed by atoms with Gasteiger partial charge < -0.3 is 10.6 Å². The Morgan fingerprint density at radius 1 is 1.44 bits per heavy atom. The first-order valence-corrected chi connectivity index (χ1v) is 7.46. The summed E-state index contributed by atoms with van der Waals surface area (Å²) in [5.74, 6) is 0.731. The van der Waals surface area contributed by atoms with E-state index in [0.29, 0.717) is 5.11 Å². The van der Waals surface area contributed by atoms with Crippen molar-refractivity contribution >= 4 is 50.4 Å². The predicted octanol–water partition coefficient (Wildman–Crippen LogP) is 3.95. The first-order chi connectivity index (χ1) is 8.65. The molecule has 1 unspecified atom stereocenters. The minimum absolute atomic E-state index is 0.195. The molecule has 0 fully saturated rings. The molecule has 0 aromatic carbocycles. The van der Waals surface area contributed by atoms with Crippen molar-refractivity contribution in [1.82, 2.24) is 10.3 Å². The number of nitrogens with zero attached hydrogens (tertiary/aromatic N) is 1. The molecular formula is C12H12BrN3S2. The Labute approximate surface area is 124 Å². The van der Waals surface area contributed by atoms with Gasteiger partial charge in [-0.05, 0) is 58.7 Å². The van der Waals surface area contributed by atoms with E-state index >= 15 is 0 Å². The first kappa shape index (κ1) is 13.5. The van der Waals surface area contributed by atoms with Crippen LogP contribution in [-0.2, 0) is 0 Å². The minimum atomic E-state index is 0.195. The number of thiocarbonyl (C=S) groups is 1. The molecule has 18 heavy (non-hydrogen) atoms. The van der Waals surface area contributed by atoms with Crippen molar-refractivity contribution in [3.05, 3.63) is 45.2 Å². The number of halogens is 1. The van der Waals surface area contributed by atoms with Crippen molar-refractivity contribution in [3.8, 4) is 0 Å². The summed E-state index contributed by atoms with van der Waals surface area (Å²) in [6.45, 7) is 2.08. The molecule has 2 rings (SSSR count). The van der Waals surface area contributed by atoms with Gasteiger partial charge in [-0.1, -0.05) is 6.07 Å². The van der Waals surface area contributed by atoms with Crippen LogP contribution in [0.5, 0.6) is 0 Å². The van der Waals surface area contributed by atoms with Crippen LogP contribution < -0.4 is 10.6 Å². The smallest absolute Gasteiger partial charge is 0.172 e. The average Bonchev–Trinajstić information content (AvgIpc) is 2.85. The Kier molecular flexibility index (Phi) is 4.68. The van der Waals surface area contributed by atoms with Crippen molar-refractivity contribution in [1.29, 1.82) is 0 Å². The van der Waals surface area contributed by atoms with Crippen LogP contribution in [0.4, 0.5) is 5.82 Å². The fraction of sp³-hybridized carbons (Fsp3) is 0.167. The molecule has 2 N–H and O–H groups in total. The van der Waals surface area contributed by atoms with Gasteiger partial charge in [-0.15, -0.1) is 11.3 Å². The van der Waals surface area contributed by atoms with Gasteiger partial charge in [0.25, 0.3) is 0 Å². The van der Waals surface area contributed by atoms with Gasteiger partial charge in [-0.2, -0.15) is 0 Å². The van der Waals surface area contributed by atoms with Crippen LogP contribution >= 0.6 is 39.5 Å². The molecule has 0 saturated carbocycles. The molecule has 2 heterocycles. The molecule has 0 amide bonds. The van der Waals surface area contributed by atoms with Crippen LogP contribution in [-0.4, -0.2) is 10.1 Å². The third kappa shape index (κ3) is 3.76. The van der Waals surface area contributed by atoms with Gasteiger partial charge in [0.1, 0.15) is 5.82 Å². The van der Waals surface area contributed by atoms with Crippen molar-refractivity contribution in [2.75, 3.05) is 5.32 Å². The van der Waals surface area contributed by atoms with Crippen LogP contribution in [0.1, 0.15) is 17.8 Å². The number of hydrogen-bond donors (Lipinski definition) is 2. The zero-order chi connectivity index (χ0) is 13.0. The number of pyridine rings is 1. The topological polar surface area (TPSA) is 37.0 Å². The largest absolute Gasteiger partial charge is 0.355 e. The Morgan fingerprint density at radius 2 is 2.28 bits per heavy atom. The maximum Gasteiger partial charge on any atom is 0.172 e. The molecule has 6 heteroatoms. The number of rotatable bonds is 3. The van der Waals surface area contributed by atoms with Crippen molar-refractivity contribution in [2.45, 2.75) is 13.0 Å². The zero-order valence-electron chi connectivity index (χ0n) is 9.68. The van der Waals surface area contributed by atoms with E-state index in [2.05, 4.69) is 49.9 Å². The molecule has 2 aromatic rings. The summed E-state index contributed by atoms with van der Waals surface area (Å²) in [5, 5.41) is 8.91. The third-order valence-corrected chi connectivity index (χ3v) is 4.03. The number of thiophene rings is 1. The Balaban J connectivity index is 1.91. The van der Waals surface area contributed by atoms with E-state index in [1.54, 1.807) is 17.5 Å². The summed E-state index contributed by atoms with van der Waals surface area (Å²) in [5.41, 5.74) is 0. The Bertz CT molecular complexity index is 511. The SMILES string of the molecule is CC(NC(=S)Nc1ccc(Br)cn1)c1cccs1. The summed E-state index contributed by atoms with van der Waals surface area (Å²) >= 11 is 10.3. The maximum atomic E-state index is 5.25. The molecule has 0 aliphatic carbocycles. The number of nitrogens with one attached hydrogen (secondary N) is 2. The summed E-state index contributed by atoms with van der Waals surface area (Å²) in [7, 11) is 0. The fourth-order valence-electron chi connectivity index (χ4n) is 1.41. The summed E-state index contributed by atoms with van der Waals surface area (Å²) in [6.07, 6.45) is 1.73. The van der Waals surface area contributed by atoms with Crippen molar-refractivity contribution in [2.24, 2.45) is 0 Å². The molecule has 1 atom stereocenters. The standard InChI is InChI=1S/C12H12BrN3S2/c1-8(10-3-2-6-18-10)15-12(17)16-11-5-4-9(13)7-14-11/h2-8H,1H3,(H2,14,15,16,17). The van der Waals surface area contributed by atoms with E-state index in [4.69, 9.17) is 12.2 Å². The van der Waals surface area contributed by atoms with Gasteiger partial charge in [0.05, 0.1) is 6.04 Å². The highest BCUT2D eigenvalue weighted by Crippen LogP contribution is 2.18. The number of anilines is 1. The van der Waals surface area contributed by atoms with Gasteiger partial charge in [-0.3, -0.25) is 0 Å². The van der Waals surface area contributed by atoms with Crippen LogP contribution in [0.3, 0.4) is 0 Å². The second-order valence-corrected chi connectivity index (χ2v) is 6.00. The van der Waals surface area contributed by atoms with Crippen LogP contribution in [0, 0.1) is 0 Å². The van der Waals surface area contributed by atoms with Gasteiger partial charge in [0.2, 0.25) is 0 Å². The maximum absolute atomic E-state index is 5.25. The van der Waals surface area contributed by atoms with E-state index in [9.17, 15) is 0 Å². The molecule has 0 bridgehead atoms. The third-order valence-electron chi connectivity index (χ3n) is 2.29. The van der Waals surface area contributed by atoms with Gasteiger partial charge in [0, 0.05) is 15.5 Å². The highest BCUT2D eigenvalue weighted by Gasteiger charge is 2.07. The van der Waals surface area contributed by atoms with Crippen LogP contribution in [0.25, 0.3) is 0 Å². The predicted molar refractivity (Wildman–Crippen MR) is 84.0 cm³/mol. The normalized spacial score (nSPS) is 11.9. The molecule has 2 aromatic heterocycles. The van der Waals surface area contributed by atoms with Crippen LogP contribution in [0.15, 0.2) is 40.3 Å². The van der Waals surface area contributed by atoms with E-state index in [1.165, 1.54) is 4.88 Å².